The minimum absolute atomic E-state index is 0.119. The van der Waals surface area contributed by atoms with Crippen molar-refractivity contribution in [2.24, 2.45) is 17.8 Å². The summed E-state index contributed by atoms with van der Waals surface area (Å²) in [4.78, 5) is 0.331. The zero-order chi connectivity index (χ0) is 24.1. The Morgan fingerprint density at radius 2 is 1.41 bits per heavy atom. The Labute approximate surface area is 202 Å². The van der Waals surface area contributed by atoms with E-state index in [0.29, 0.717) is 35.0 Å². The fraction of sp³-hybridized carbons (Fsp3) is 0.571. The zero-order valence-corrected chi connectivity index (χ0v) is 20.3. The van der Waals surface area contributed by atoms with Crippen LogP contribution in [0, 0.1) is 29.4 Å². The van der Waals surface area contributed by atoms with Crippen molar-refractivity contribution in [2.45, 2.75) is 86.7 Å². The Morgan fingerprint density at radius 1 is 0.794 bits per heavy atom. The van der Waals surface area contributed by atoms with Crippen molar-refractivity contribution in [1.82, 2.24) is 0 Å². The molecule has 0 saturated heterocycles. The number of rotatable bonds is 8. The summed E-state index contributed by atoms with van der Waals surface area (Å²) in [7, 11) is -1.97. The number of hydrogen-bond acceptors (Lipinski definition) is 1. The minimum atomic E-state index is -1.98. The highest BCUT2D eigenvalue weighted by Crippen LogP contribution is 2.44. The Kier molecular flexibility index (Phi) is 8.84. The van der Waals surface area contributed by atoms with E-state index < -0.39 is 34.1 Å². The molecule has 186 valence electrons. The van der Waals surface area contributed by atoms with Gasteiger partial charge in [0, 0.05) is 4.90 Å². The van der Waals surface area contributed by atoms with Crippen LogP contribution in [0.15, 0.2) is 53.4 Å². The molecule has 6 heteroatoms. The third-order valence-corrected chi connectivity index (χ3v) is 9.50. The van der Waals surface area contributed by atoms with Gasteiger partial charge in [0.1, 0.15) is 6.17 Å². The lowest BCUT2D eigenvalue weighted by Gasteiger charge is -2.38. The third-order valence-electron chi connectivity index (χ3n) is 8.06. The lowest BCUT2D eigenvalue weighted by atomic mass is 9.68. The molecule has 4 rings (SSSR count). The van der Waals surface area contributed by atoms with E-state index in [-0.39, 0.29) is 6.42 Å². The number of hydrogen-bond donors (Lipinski definition) is 0. The molecule has 0 N–H and O–H groups in total. The van der Waals surface area contributed by atoms with Crippen molar-refractivity contribution in [3.05, 3.63) is 65.7 Å². The fourth-order valence-electron chi connectivity index (χ4n) is 5.98. The van der Waals surface area contributed by atoms with Gasteiger partial charge in [0.05, 0.1) is 10.8 Å². The maximum atomic E-state index is 14.5. The van der Waals surface area contributed by atoms with Crippen LogP contribution in [-0.4, -0.2) is 15.9 Å². The summed E-state index contributed by atoms with van der Waals surface area (Å²) in [6, 6.07) is 12.6. The second-order valence-corrected chi connectivity index (χ2v) is 11.6. The molecule has 1 unspecified atom stereocenters. The van der Waals surface area contributed by atoms with Crippen molar-refractivity contribution in [3.63, 3.8) is 0 Å². The van der Waals surface area contributed by atoms with Crippen LogP contribution in [0.25, 0.3) is 0 Å². The highest BCUT2D eigenvalue weighted by Gasteiger charge is 2.33. The first-order valence-electron chi connectivity index (χ1n) is 12.6. The first-order valence-corrected chi connectivity index (χ1v) is 13.8. The maximum absolute atomic E-state index is 14.5. The molecular formula is C28H34F4OS. The predicted molar refractivity (Wildman–Crippen MR) is 128 cm³/mol. The first-order chi connectivity index (χ1) is 16.4. The summed E-state index contributed by atoms with van der Waals surface area (Å²) in [5, 5.41) is 0. The van der Waals surface area contributed by atoms with Crippen LogP contribution < -0.4 is 0 Å². The third kappa shape index (κ3) is 6.30. The Hall–Kier alpha value is -1.69. The van der Waals surface area contributed by atoms with E-state index in [0.717, 1.165) is 56.9 Å². The molecule has 0 spiro atoms. The van der Waals surface area contributed by atoms with Crippen molar-refractivity contribution in [3.8, 4) is 0 Å². The monoisotopic (exact) mass is 494 g/mol. The molecule has 2 aliphatic rings. The van der Waals surface area contributed by atoms with E-state index in [1.807, 2.05) is 0 Å². The highest BCUT2D eigenvalue weighted by molar-refractivity contribution is 7.85. The second-order valence-electron chi connectivity index (χ2n) is 10.1. The fourth-order valence-corrected chi connectivity index (χ4v) is 7.07. The molecule has 2 aliphatic carbocycles. The number of alkyl halides is 2. The van der Waals surface area contributed by atoms with Crippen molar-refractivity contribution >= 4 is 10.8 Å². The second kappa shape index (κ2) is 11.8. The Morgan fingerprint density at radius 3 is 2.03 bits per heavy atom. The van der Waals surface area contributed by atoms with Crippen LogP contribution >= 0.6 is 0 Å². The molecule has 0 amide bonds. The van der Waals surface area contributed by atoms with E-state index in [4.69, 9.17) is 0 Å². The zero-order valence-electron chi connectivity index (χ0n) is 19.5. The summed E-state index contributed by atoms with van der Waals surface area (Å²) in [6.07, 6.45) is 7.63. The van der Waals surface area contributed by atoms with Crippen LogP contribution in [0.3, 0.4) is 0 Å². The molecule has 2 aromatic rings. The normalized spacial score (nSPS) is 28.2. The maximum Gasteiger partial charge on any atom is 0.210 e. The SMILES string of the molecule is O=S(c1ccccc1)[C@@H](F)[C@H](F)CCC1CCC(C2CCC(c3ccc(F)c(F)c3)CC2)CC1. The minimum Gasteiger partial charge on any atom is -0.251 e. The van der Waals surface area contributed by atoms with E-state index in [1.54, 1.807) is 36.4 Å². The quantitative estimate of drug-likeness (QED) is 0.338. The summed E-state index contributed by atoms with van der Waals surface area (Å²) in [6.45, 7) is 0. The Balaban J connectivity index is 1.17. The van der Waals surface area contributed by atoms with Crippen molar-refractivity contribution in [2.75, 3.05) is 0 Å². The summed E-state index contributed by atoms with van der Waals surface area (Å²) in [5.74, 6) is 0.492. The summed E-state index contributed by atoms with van der Waals surface area (Å²) in [5.41, 5.74) is -1.08. The number of benzene rings is 2. The molecule has 3 atom stereocenters. The molecule has 0 bridgehead atoms. The largest absolute Gasteiger partial charge is 0.251 e. The van der Waals surface area contributed by atoms with Gasteiger partial charge >= 0.3 is 0 Å². The van der Waals surface area contributed by atoms with Gasteiger partial charge in [-0.3, -0.25) is 4.21 Å². The summed E-state index contributed by atoms with van der Waals surface area (Å²) >= 11 is 0. The number of halogens is 4. The standard InChI is InChI=1S/C28H34F4OS/c29-25-17-15-23(18-27(25)31)22-13-11-21(12-14-22)20-9-6-19(7-10-20)8-16-26(30)28(32)34(33)24-4-2-1-3-5-24/h1-5,15,17-22,26,28H,6-14,16H2/t19?,20?,21?,22?,26-,28-,34?/m1/s1. The van der Waals surface area contributed by atoms with Gasteiger partial charge in [-0.1, -0.05) is 37.1 Å². The van der Waals surface area contributed by atoms with E-state index in [1.165, 1.54) is 12.1 Å². The van der Waals surface area contributed by atoms with Crippen molar-refractivity contribution < 1.29 is 21.8 Å². The molecule has 0 aromatic heterocycles. The first kappa shape index (κ1) is 25.4. The van der Waals surface area contributed by atoms with Gasteiger partial charge < -0.3 is 0 Å². The van der Waals surface area contributed by atoms with Crippen molar-refractivity contribution in [1.29, 1.82) is 0 Å². The summed E-state index contributed by atoms with van der Waals surface area (Å²) < 4.78 is 67.9. The van der Waals surface area contributed by atoms with Gasteiger partial charge in [-0.25, -0.2) is 17.6 Å². The van der Waals surface area contributed by atoms with Crippen LogP contribution in [0.5, 0.6) is 0 Å². The molecule has 34 heavy (non-hydrogen) atoms. The van der Waals surface area contributed by atoms with Gasteiger partial charge in [0.15, 0.2) is 11.6 Å². The molecular weight excluding hydrogens is 460 g/mol. The van der Waals surface area contributed by atoms with Gasteiger partial charge in [0.2, 0.25) is 5.50 Å². The average Bonchev–Trinajstić information content (AvgIpc) is 2.89. The lowest BCUT2D eigenvalue weighted by Crippen LogP contribution is -2.27. The predicted octanol–water partition coefficient (Wildman–Crippen LogP) is 8.27. The molecule has 1 nitrogen and oxygen atoms in total. The van der Waals surface area contributed by atoms with Gasteiger partial charge in [-0.2, -0.15) is 0 Å². The molecule has 2 fully saturated rings. The van der Waals surface area contributed by atoms with Crippen LogP contribution in [0.2, 0.25) is 0 Å². The molecule has 2 saturated carbocycles. The molecule has 0 radical (unpaired) electrons. The molecule has 0 heterocycles. The van der Waals surface area contributed by atoms with Crippen LogP contribution in [-0.2, 0) is 10.8 Å². The van der Waals surface area contributed by atoms with Gasteiger partial charge in [-0.05, 0) is 105 Å². The van der Waals surface area contributed by atoms with E-state index >= 15 is 0 Å². The average molecular weight is 495 g/mol. The topological polar surface area (TPSA) is 17.1 Å². The van der Waals surface area contributed by atoms with E-state index in [9.17, 15) is 21.8 Å². The molecule has 0 aliphatic heterocycles. The van der Waals surface area contributed by atoms with Gasteiger partial charge in [-0.15, -0.1) is 0 Å². The highest BCUT2D eigenvalue weighted by atomic mass is 32.2. The Bertz CT molecular complexity index is 937. The molecule has 2 aromatic carbocycles. The van der Waals surface area contributed by atoms with Gasteiger partial charge in [0.25, 0.3) is 0 Å². The smallest absolute Gasteiger partial charge is 0.210 e. The van der Waals surface area contributed by atoms with E-state index in [2.05, 4.69) is 0 Å². The lowest BCUT2D eigenvalue weighted by molar-refractivity contribution is 0.145. The van der Waals surface area contributed by atoms with Crippen LogP contribution in [0.4, 0.5) is 17.6 Å². The van der Waals surface area contributed by atoms with Crippen LogP contribution in [0.1, 0.15) is 75.7 Å².